The highest BCUT2D eigenvalue weighted by Gasteiger charge is 2.35. The Morgan fingerprint density at radius 2 is 1.48 bits per heavy atom. The number of hydrogen-bond donors (Lipinski definition) is 2. The third-order valence-electron chi connectivity index (χ3n) is 5.42. The predicted octanol–water partition coefficient (Wildman–Crippen LogP) is 3.34. The van der Waals surface area contributed by atoms with Gasteiger partial charge < -0.3 is 15.3 Å². The number of carboxylic acids is 1. The molecule has 29 heavy (non-hydrogen) atoms. The van der Waals surface area contributed by atoms with E-state index in [1.165, 1.54) is 0 Å². The van der Waals surface area contributed by atoms with Gasteiger partial charge in [0.15, 0.2) is 0 Å². The van der Waals surface area contributed by atoms with Gasteiger partial charge in [-0.2, -0.15) is 0 Å². The van der Waals surface area contributed by atoms with Crippen LogP contribution in [0.2, 0.25) is 0 Å². The van der Waals surface area contributed by atoms with Crippen molar-refractivity contribution in [3.8, 4) is 0 Å². The van der Waals surface area contributed by atoms with Crippen LogP contribution in [0.5, 0.6) is 0 Å². The quantitative estimate of drug-likeness (QED) is 0.683. The van der Waals surface area contributed by atoms with Crippen LogP contribution in [0.4, 0.5) is 4.79 Å². The van der Waals surface area contributed by atoms with Gasteiger partial charge in [0.05, 0.1) is 6.54 Å². The van der Waals surface area contributed by atoms with E-state index < -0.39 is 5.97 Å². The maximum atomic E-state index is 13.0. The van der Waals surface area contributed by atoms with E-state index in [1.54, 1.807) is 0 Å². The fraction of sp³-hybridized carbons (Fsp3) is 0.391. The SMILES string of the molecule is CCN(CC(=O)O)C1CC(NC(=O)N(Cc2ccccc2)Cc2ccccc2)C1. The molecule has 0 bridgehead atoms. The smallest absolute Gasteiger partial charge is 0.318 e. The van der Waals surface area contributed by atoms with Crippen molar-refractivity contribution in [2.45, 2.75) is 44.9 Å². The van der Waals surface area contributed by atoms with Gasteiger partial charge in [-0.05, 0) is 30.5 Å². The second kappa shape index (κ2) is 10.1. The number of nitrogens with one attached hydrogen (secondary N) is 1. The van der Waals surface area contributed by atoms with E-state index in [0.29, 0.717) is 19.6 Å². The minimum Gasteiger partial charge on any atom is -0.480 e. The summed E-state index contributed by atoms with van der Waals surface area (Å²) < 4.78 is 0. The van der Waals surface area contributed by atoms with Crippen LogP contribution in [0, 0.1) is 0 Å². The van der Waals surface area contributed by atoms with E-state index in [1.807, 2.05) is 77.4 Å². The maximum Gasteiger partial charge on any atom is 0.318 e. The van der Waals surface area contributed by atoms with Crippen molar-refractivity contribution < 1.29 is 14.7 Å². The number of urea groups is 1. The standard InChI is InChI=1S/C23H29N3O3/c1-2-25(17-22(27)28)21-13-20(14-21)24-23(29)26(15-18-9-5-3-6-10-18)16-19-11-7-4-8-12-19/h3-12,20-21H,2,13-17H2,1H3,(H,24,29)(H,27,28). The summed E-state index contributed by atoms with van der Waals surface area (Å²) in [5.41, 5.74) is 2.17. The molecule has 2 aromatic rings. The number of carbonyl (C=O) groups excluding carboxylic acids is 1. The predicted molar refractivity (Wildman–Crippen MR) is 112 cm³/mol. The van der Waals surface area contributed by atoms with Crippen LogP contribution in [-0.2, 0) is 17.9 Å². The molecule has 2 N–H and O–H groups in total. The molecule has 0 aliphatic heterocycles. The number of rotatable bonds is 9. The molecule has 6 heteroatoms. The van der Waals surface area contributed by atoms with E-state index in [4.69, 9.17) is 5.11 Å². The molecule has 0 unspecified atom stereocenters. The van der Waals surface area contributed by atoms with Gasteiger partial charge in [-0.3, -0.25) is 9.69 Å². The zero-order chi connectivity index (χ0) is 20.6. The zero-order valence-electron chi connectivity index (χ0n) is 16.8. The van der Waals surface area contributed by atoms with Crippen molar-refractivity contribution in [1.82, 2.24) is 15.1 Å². The number of amides is 2. The van der Waals surface area contributed by atoms with Gasteiger partial charge >= 0.3 is 12.0 Å². The molecule has 1 fully saturated rings. The molecule has 0 aromatic heterocycles. The number of likely N-dealkylation sites (N-methyl/N-ethyl adjacent to an activating group) is 1. The van der Waals surface area contributed by atoms with E-state index >= 15 is 0 Å². The lowest BCUT2D eigenvalue weighted by molar-refractivity contribution is -0.139. The van der Waals surface area contributed by atoms with Gasteiger partial charge in [-0.25, -0.2) is 4.79 Å². The summed E-state index contributed by atoms with van der Waals surface area (Å²) in [5, 5.41) is 12.2. The first-order valence-electron chi connectivity index (χ1n) is 10.1. The molecule has 1 saturated carbocycles. The Balaban J connectivity index is 1.59. The van der Waals surface area contributed by atoms with Crippen molar-refractivity contribution in [3.63, 3.8) is 0 Å². The second-order valence-corrected chi connectivity index (χ2v) is 7.56. The summed E-state index contributed by atoms with van der Waals surface area (Å²) in [6.45, 7) is 3.80. The van der Waals surface area contributed by atoms with Crippen LogP contribution in [0.1, 0.15) is 30.9 Å². The Kier molecular flexibility index (Phi) is 7.25. The van der Waals surface area contributed by atoms with Crippen LogP contribution in [0.3, 0.4) is 0 Å². The fourth-order valence-corrected chi connectivity index (χ4v) is 3.75. The van der Waals surface area contributed by atoms with Crippen molar-refractivity contribution in [2.24, 2.45) is 0 Å². The van der Waals surface area contributed by atoms with Crippen molar-refractivity contribution >= 4 is 12.0 Å². The summed E-state index contributed by atoms with van der Waals surface area (Å²) in [5.74, 6) is -0.809. The molecular weight excluding hydrogens is 366 g/mol. The minimum atomic E-state index is -0.809. The molecule has 6 nitrogen and oxygen atoms in total. The largest absolute Gasteiger partial charge is 0.480 e. The van der Waals surface area contributed by atoms with Gasteiger partial charge in [0.25, 0.3) is 0 Å². The normalized spacial score (nSPS) is 18.1. The Labute approximate surface area is 172 Å². The van der Waals surface area contributed by atoms with Crippen molar-refractivity contribution in [1.29, 1.82) is 0 Å². The van der Waals surface area contributed by atoms with Crippen LogP contribution in [0.15, 0.2) is 60.7 Å². The Hall–Kier alpha value is -2.86. The Bertz CT molecular complexity index is 750. The molecular formula is C23H29N3O3. The first-order chi connectivity index (χ1) is 14.0. The number of nitrogens with zero attached hydrogens (tertiary/aromatic N) is 2. The van der Waals surface area contributed by atoms with Crippen molar-refractivity contribution in [2.75, 3.05) is 13.1 Å². The number of hydrogen-bond acceptors (Lipinski definition) is 3. The monoisotopic (exact) mass is 395 g/mol. The zero-order valence-corrected chi connectivity index (χ0v) is 16.8. The number of carbonyl (C=O) groups is 2. The van der Waals surface area contributed by atoms with E-state index in [2.05, 4.69) is 5.32 Å². The van der Waals surface area contributed by atoms with Gasteiger partial charge in [0, 0.05) is 25.2 Å². The Morgan fingerprint density at radius 3 is 1.93 bits per heavy atom. The topological polar surface area (TPSA) is 72.9 Å². The lowest BCUT2D eigenvalue weighted by Gasteiger charge is -2.42. The molecule has 3 rings (SSSR count). The second-order valence-electron chi connectivity index (χ2n) is 7.56. The van der Waals surface area contributed by atoms with Crippen LogP contribution >= 0.6 is 0 Å². The van der Waals surface area contributed by atoms with Crippen LogP contribution in [0.25, 0.3) is 0 Å². The molecule has 2 aromatic carbocycles. The molecule has 0 atom stereocenters. The highest BCUT2D eigenvalue weighted by atomic mass is 16.4. The van der Waals surface area contributed by atoms with Gasteiger partial charge in [-0.15, -0.1) is 0 Å². The highest BCUT2D eigenvalue weighted by molar-refractivity contribution is 5.74. The summed E-state index contributed by atoms with van der Waals surface area (Å²) in [7, 11) is 0. The average Bonchev–Trinajstić information content (AvgIpc) is 2.69. The number of aliphatic carboxylic acids is 1. The maximum absolute atomic E-state index is 13.0. The molecule has 0 heterocycles. The minimum absolute atomic E-state index is 0.0516. The summed E-state index contributed by atoms with van der Waals surface area (Å²) in [4.78, 5) is 27.8. The highest BCUT2D eigenvalue weighted by Crippen LogP contribution is 2.26. The summed E-state index contributed by atoms with van der Waals surface area (Å²) in [6.07, 6.45) is 1.58. The number of benzene rings is 2. The average molecular weight is 396 g/mol. The third-order valence-corrected chi connectivity index (χ3v) is 5.42. The van der Waals surface area contributed by atoms with E-state index in [0.717, 1.165) is 24.0 Å². The third kappa shape index (κ3) is 6.06. The van der Waals surface area contributed by atoms with Gasteiger partial charge in [0.2, 0.25) is 0 Å². The first kappa shape index (κ1) is 20.9. The van der Waals surface area contributed by atoms with Gasteiger partial charge in [0.1, 0.15) is 0 Å². The van der Waals surface area contributed by atoms with Crippen molar-refractivity contribution in [3.05, 3.63) is 71.8 Å². The lowest BCUT2D eigenvalue weighted by atomic mass is 9.85. The first-order valence-corrected chi connectivity index (χ1v) is 10.1. The molecule has 0 radical (unpaired) electrons. The summed E-state index contributed by atoms with van der Waals surface area (Å²) in [6, 6.07) is 20.2. The molecule has 154 valence electrons. The fourth-order valence-electron chi connectivity index (χ4n) is 3.75. The van der Waals surface area contributed by atoms with E-state index in [9.17, 15) is 9.59 Å². The van der Waals surface area contributed by atoms with Gasteiger partial charge in [-0.1, -0.05) is 67.6 Å². The molecule has 0 spiro atoms. The summed E-state index contributed by atoms with van der Waals surface area (Å²) >= 11 is 0. The van der Waals surface area contributed by atoms with E-state index in [-0.39, 0.29) is 24.7 Å². The van der Waals surface area contributed by atoms with Crippen LogP contribution < -0.4 is 5.32 Å². The Morgan fingerprint density at radius 1 is 0.966 bits per heavy atom. The molecule has 1 aliphatic carbocycles. The molecule has 1 aliphatic rings. The number of carboxylic acid groups (broad SMARTS) is 1. The van der Waals surface area contributed by atoms with Crippen LogP contribution in [-0.4, -0.2) is 52.1 Å². The molecule has 0 saturated heterocycles. The molecule has 2 amide bonds. The lowest BCUT2D eigenvalue weighted by Crippen LogP contribution is -2.56.